The predicted molar refractivity (Wildman–Crippen MR) is 186 cm³/mol. The number of amides is 2. The number of hydrogen-bond donors (Lipinski definition) is 5. The Hall–Kier alpha value is -5.15. The second-order valence-corrected chi connectivity index (χ2v) is 15.8. The van der Waals surface area contributed by atoms with Crippen LogP contribution in [0.3, 0.4) is 0 Å². The molecule has 0 saturated heterocycles. The van der Waals surface area contributed by atoms with Crippen molar-refractivity contribution in [3.63, 3.8) is 0 Å². The van der Waals surface area contributed by atoms with E-state index in [1.807, 2.05) is 0 Å². The molecule has 0 aliphatic carbocycles. The lowest BCUT2D eigenvalue weighted by molar-refractivity contribution is 0.262. The molecule has 0 radical (unpaired) electrons. The van der Waals surface area contributed by atoms with Gasteiger partial charge in [0.15, 0.2) is 0 Å². The number of azo groups is 1. The van der Waals surface area contributed by atoms with Crippen LogP contribution in [-0.2, 0) is 30.4 Å². The maximum Gasteiger partial charge on any atom is 0.323 e. The average Bonchev–Trinajstić information content (AvgIpc) is 3.46. The number of anilines is 2. The van der Waals surface area contributed by atoms with Crippen molar-refractivity contribution in [3.8, 4) is 10.6 Å². The largest absolute Gasteiger partial charge is 0.323 e. The SMILES string of the molecule is Cc1ccc2nc(-c3ccc(NC(=O)Nc4ccc(/N=N/c5cc(S(=O)(=O)O)c6cccc(S(=O)(=O)O)c6c5)cc4)cc3)sc2c1S(=O)(=O)O. The molecule has 0 bridgehead atoms. The van der Waals surface area contributed by atoms with Crippen LogP contribution in [-0.4, -0.2) is 49.9 Å². The highest BCUT2D eigenvalue weighted by Gasteiger charge is 2.22. The molecule has 2 amide bonds. The number of fused-ring (bicyclic) bond motifs is 2. The maximum atomic E-state index is 12.6. The van der Waals surface area contributed by atoms with E-state index in [1.54, 1.807) is 43.3 Å². The summed E-state index contributed by atoms with van der Waals surface area (Å²) in [6.45, 7) is 1.58. The minimum Gasteiger partial charge on any atom is -0.308 e. The number of nitrogens with one attached hydrogen (secondary N) is 2. The molecule has 0 saturated carbocycles. The number of aromatic nitrogens is 1. The Labute approximate surface area is 288 Å². The van der Waals surface area contributed by atoms with E-state index in [0.717, 1.165) is 23.5 Å². The average molecular weight is 754 g/mol. The van der Waals surface area contributed by atoms with Gasteiger partial charge in [-0.3, -0.25) is 13.7 Å². The van der Waals surface area contributed by atoms with Gasteiger partial charge in [-0.1, -0.05) is 18.2 Å². The molecule has 0 unspecified atom stereocenters. The molecule has 5 aromatic carbocycles. The van der Waals surface area contributed by atoms with Crippen LogP contribution in [0.1, 0.15) is 5.56 Å². The van der Waals surface area contributed by atoms with Gasteiger partial charge < -0.3 is 10.6 Å². The van der Waals surface area contributed by atoms with Gasteiger partial charge in [0, 0.05) is 27.7 Å². The summed E-state index contributed by atoms with van der Waals surface area (Å²) in [5.74, 6) is 0. The minimum absolute atomic E-state index is 0.130. The highest BCUT2D eigenvalue weighted by atomic mass is 32.2. The van der Waals surface area contributed by atoms with Crippen LogP contribution in [0.5, 0.6) is 0 Å². The lowest BCUT2D eigenvalue weighted by Gasteiger charge is -2.09. The summed E-state index contributed by atoms with van der Waals surface area (Å²) >= 11 is 1.12. The van der Waals surface area contributed by atoms with E-state index in [2.05, 4.69) is 25.8 Å². The summed E-state index contributed by atoms with van der Waals surface area (Å²) in [5, 5.41) is 13.5. The first-order valence-corrected chi connectivity index (χ1v) is 19.2. The molecule has 15 nitrogen and oxygen atoms in total. The number of rotatable bonds is 8. The zero-order valence-electron chi connectivity index (χ0n) is 25.3. The van der Waals surface area contributed by atoms with E-state index in [4.69, 9.17) is 0 Å². The van der Waals surface area contributed by atoms with Gasteiger partial charge in [-0.25, -0.2) is 9.78 Å². The van der Waals surface area contributed by atoms with Crippen LogP contribution < -0.4 is 10.6 Å². The highest BCUT2D eigenvalue weighted by molar-refractivity contribution is 7.86. The first-order valence-electron chi connectivity index (χ1n) is 14.1. The third-order valence-corrected chi connectivity index (χ3v) is 11.3. The second-order valence-electron chi connectivity index (χ2n) is 10.7. The third-order valence-electron chi connectivity index (χ3n) is 7.22. The molecular formula is C31H23N5O10S4. The molecule has 0 aliphatic heterocycles. The molecule has 0 fully saturated rings. The van der Waals surface area contributed by atoms with Crippen molar-refractivity contribution >= 4 is 91.5 Å². The van der Waals surface area contributed by atoms with E-state index in [9.17, 15) is 43.7 Å². The van der Waals surface area contributed by atoms with Crippen LogP contribution in [0.25, 0.3) is 31.6 Å². The molecule has 0 atom stereocenters. The van der Waals surface area contributed by atoms with Crippen LogP contribution >= 0.6 is 11.3 Å². The second kappa shape index (κ2) is 12.9. The number of thiazole rings is 1. The van der Waals surface area contributed by atoms with Crippen LogP contribution in [0, 0.1) is 6.92 Å². The molecule has 1 heterocycles. The molecule has 6 aromatic rings. The summed E-state index contributed by atoms with van der Waals surface area (Å²) < 4.78 is 101. The third kappa shape index (κ3) is 7.38. The van der Waals surface area contributed by atoms with Gasteiger partial charge in [-0.2, -0.15) is 35.5 Å². The first-order chi connectivity index (χ1) is 23.5. The number of carbonyl (C=O) groups excluding carboxylic acids is 1. The van der Waals surface area contributed by atoms with Gasteiger partial charge in [0.05, 0.1) is 21.6 Å². The Kier molecular flexibility index (Phi) is 8.99. The normalized spacial score (nSPS) is 12.5. The van der Waals surface area contributed by atoms with E-state index in [-0.39, 0.29) is 27.0 Å². The molecule has 0 spiro atoms. The Morgan fingerprint density at radius 1 is 0.680 bits per heavy atom. The topological polar surface area (TPSA) is 242 Å². The number of nitrogens with zero attached hydrogens (tertiary/aromatic N) is 3. The Morgan fingerprint density at radius 3 is 1.88 bits per heavy atom. The van der Waals surface area contributed by atoms with Gasteiger partial charge in [0.2, 0.25) is 0 Å². The Morgan fingerprint density at radius 2 is 1.28 bits per heavy atom. The Bertz CT molecular complexity index is 2700. The number of aryl methyl sites for hydroxylation is 1. The molecule has 256 valence electrons. The monoisotopic (exact) mass is 753 g/mol. The molecule has 0 aliphatic rings. The summed E-state index contributed by atoms with van der Waals surface area (Å²) in [4.78, 5) is 15.7. The van der Waals surface area contributed by atoms with Crippen molar-refractivity contribution in [3.05, 3.63) is 96.6 Å². The predicted octanol–water partition coefficient (Wildman–Crippen LogP) is 7.22. The van der Waals surface area contributed by atoms with Crippen molar-refractivity contribution in [2.45, 2.75) is 21.6 Å². The van der Waals surface area contributed by atoms with Crippen molar-refractivity contribution in [2.75, 3.05) is 10.6 Å². The van der Waals surface area contributed by atoms with Crippen molar-refractivity contribution in [1.29, 1.82) is 0 Å². The van der Waals surface area contributed by atoms with Crippen LogP contribution in [0.15, 0.2) is 116 Å². The summed E-state index contributed by atoms with van der Waals surface area (Å²) in [6.07, 6.45) is 0. The van der Waals surface area contributed by atoms with Gasteiger partial charge in [-0.05, 0) is 85.3 Å². The van der Waals surface area contributed by atoms with E-state index in [0.29, 0.717) is 37.7 Å². The molecular weight excluding hydrogens is 731 g/mol. The summed E-state index contributed by atoms with van der Waals surface area (Å²) in [6, 6.07) is 21.1. The van der Waals surface area contributed by atoms with Crippen LogP contribution in [0.4, 0.5) is 27.5 Å². The fourth-order valence-electron chi connectivity index (χ4n) is 5.03. The molecule has 6 rings (SSSR count). The van der Waals surface area contributed by atoms with Gasteiger partial charge in [0.25, 0.3) is 30.4 Å². The maximum absolute atomic E-state index is 12.6. The standard InChI is InChI=1S/C31H23N5O10S4/c1-17-5-14-25-28(29(17)50(44,45)46)47-30(34-25)18-6-8-19(9-7-18)32-31(37)33-20-10-12-21(13-11-20)35-36-22-15-24-23(27(16-22)49(41,42)43)3-2-4-26(24)48(38,39)40/h2-16H,1H3,(H2,32,33,37)(H,38,39,40)(H,41,42,43)(H,44,45,46)/b36-35+. The zero-order valence-corrected chi connectivity index (χ0v) is 28.6. The highest BCUT2D eigenvalue weighted by Crippen LogP contribution is 2.37. The van der Waals surface area contributed by atoms with Crippen LogP contribution in [0.2, 0.25) is 0 Å². The summed E-state index contributed by atoms with van der Waals surface area (Å²) in [5.41, 5.74) is 2.46. The summed E-state index contributed by atoms with van der Waals surface area (Å²) in [7, 11) is -14.0. The van der Waals surface area contributed by atoms with Gasteiger partial charge in [-0.15, -0.1) is 11.3 Å². The van der Waals surface area contributed by atoms with Gasteiger partial charge >= 0.3 is 6.03 Å². The zero-order chi connectivity index (χ0) is 36.0. The number of hydrogen-bond acceptors (Lipinski definition) is 11. The quantitative estimate of drug-likeness (QED) is 0.0767. The number of benzene rings is 5. The molecule has 50 heavy (non-hydrogen) atoms. The fraction of sp³-hybridized carbons (Fsp3) is 0.0323. The van der Waals surface area contributed by atoms with E-state index in [1.165, 1.54) is 42.5 Å². The molecule has 5 N–H and O–H groups in total. The number of urea groups is 1. The van der Waals surface area contributed by atoms with E-state index < -0.39 is 46.2 Å². The first kappa shape index (κ1) is 34.7. The lowest BCUT2D eigenvalue weighted by atomic mass is 10.1. The van der Waals surface area contributed by atoms with Gasteiger partial charge in [0.1, 0.15) is 19.7 Å². The fourth-order valence-corrected chi connectivity index (χ4v) is 8.77. The van der Waals surface area contributed by atoms with Crippen molar-refractivity contribution in [1.82, 2.24) is 4.98 Å². The molecule has 19 heteroatoms. The molecule has 1 aromatic heterocycles. The van der Waals surface area contributed by atoms with E-state index >= 15 is 0 Å². The number of carbonyl (C=O) groups is 1. The Balaban J connectivity index is 1.14. The smallest absolute Gasteiger partial charge is 0.308 e. The van der Waals surface area contributed by atoms with Crippen molar-refractivity contribution in [2.24, 2.45) is 10.2 Å². The van der Waals surface area contributed by atoms with Crippen molar-refractivity contribution < 1.29 is 43.7 Å². The minimum atomic E-state index is -4.82. The lowest BCUT2D eigenvalue weighted by Crippen LogP contribution is -2.19.